The standard InChI is InChI=1S/C37H45N3O3/c41-33(28-43-36-23-9-22-35-34(36)21-10-24-38-35)27-40-25-11-18-31(26-40)37(42)39-32(19-7-16-29-12-3-1-4-13-29)20-8-17-30-14-5-2-6-15-30/h1-6,9-10,12-15,21-24,31-33,41H,7-8,11,16-20,25-28H2,(H,39,42)/t31?,33-/m0/s1. The average molecular weight is 580 g/mol. The van der Waals surface area contributed by atoms with E-state index >= 15 is 0 Å². The molecule has 1 aromatic heterocycles. The van der Waals surface area contributed by atoms with Crippen molar-refractivity contribution >= 4 is 16.8 Å². The molecule has 6 nitrogen and oxygen atoms in total. The Morgan fingerprint density at radius 1 is 0.907 bits per heavy atom. The molecule has 0 spiro atoms. The molecule has 226 valence electrons. The minimum atomic E-state index is -0.641. The highest BCUT2D eigenvalue weighted by Gasteiger charge is 2.28. The number of piperidine rings is 1. The topological polar surface area (TPSA) is 74.7 Å². The van der Waals surface area contributed by atoms with Crippen LogP contribution in [0.3, 0.4) is 0 Å². The van der Waals surface area contributed by atoms with Gasteiger partial charge >= 0.3 is 0 Å². The number of aromatic nitrogens is 1. The Kier molecular flexibility index (Phi) is 11.6. The summed E-state index contributed by atoms with van der Waals surface area (Å²) in [5.41, 5.74) is 3.57. The lowest BCUT2D eigenvalue weighted by molar-refractivity contribution is -0.127. The number of benzene rings is 3. The SMILES string of the molecule is O=C(NC(CCCc1ccccc1)CCCc1ccccc1)C1CCCN(C[C@H](O)COc2cccc3ncccc23)C1. The lowest BCUT2D eigenvalue weighted by atomic mass is 9.94. The normalized spacial score (nSPS) is 16.3. The summed E-state index contributed by atoms with van der Waals surface area (Å²) in [6.45, 7) is 2.25. The van der Waals surface area contributed by atoms with Gasteiger partial charge in [-0.1, -0.05) is 66.7 Å². The van der Waals surface area contributed by atoms with E-state index in [2.05, 4.69) is 75.9 Å². The molecule has 0 bridgehead atoms. The van der Waals surface area contributed by atoms with E-state index in [1.165, 1.54) is 11.1 Å². The van der Waals surface area contributed by atoms with E-state index in [1.54, 1.807) is 6.20 Å². The number of carbonyl (C=O) groups excluding carboxylic acids is 1. The molecule has 1 aliphatic rings. The van der Waals surface area contributed by atoms with Crippen LogP contribution >= 0.6 is 0 Å². The number of pyridine rings is 1. The quantitative estimate of drug-likeness (QED) is 0.175. The minimum absolute atomic E-state index is 0.0586. The van der Waals surface area contributed by atoms with E-state index < -0.39 is 6.10 Å². The average Bonchev–Trinajstić information content (AvgIpc) is 3.05. The van der Waals surface area contributed by atoms with Gasteiger partial charge in [0.15, 0.2) is 0 Å². The summed E-state index contributed by atoms with van der Waals surface area (Å²) in [5, 5.41) is 15.2. The number of likely N-dealkylation sites (tertiary alicyclic amines) is 1. The van der Waals surface area contributed by atoms with Crippen LogP contribution in [0.1, 0.15) is 49.7 Å². The highest BCUT2D eigenvalue weighted by atomic mass is 16.5. The molecule has 5 rings (SSSR count). The molecule has 1 unspecified atom stereocenters. The third kappa shape index (κ3) is 9.63. The Labute approximate surface area is 256 Å². The number of aliphatic hydroxyl groups is 1. The van der Waals surface area contributed by atoms with Crippen LogP contribution in [0.2, 0.25) is 0 Å². The van der Waals surface area contributed by atoms with E-state index in [0.717, 1.165) is 74.6 Å². The molecule has 3 aromatic carbocycles. The first-order chi connectivity index (χ1) is 21.1. The van der Waals surface area contributed by atoms with E-state index in [4.69, 9.17) is 4.74 Å². The molecule has 0 radical (unpaired) electrons. The van der Waals surface area contributed by atoms with Gasteiger partial charge in [0.25, 0.3) is 0 Å². The molecule has 43 heavy (non-hydrogen) atoms. The predicted octanol–water partition coefficient (Wildman–Crippen LogP) is 6.22. The number of rotatable bonds is 15. The summed E-state index contributed by atoms with van der Waals surface area (Å²) >= 11 is 0. The fourth-order valence-electron chi connectivity index (χ4n) is 6.18. The molecule has 1 saturated heterocycles. The molecule has 2 atom stereocenters. The number of aliphatic hydroxyl groups excluding tert-OH is 1. The van der Waals surface area contributed by atoms with Gasteiger partial charge in [-0.15, -0.1) is 0 Å². The number of ether oxygens (including phenoxy) is 1. The van der Waals surface area contributed by atoms with Gasteiger partial charge in [0.1, 0.15) is 18.5 Å². The summed E-state index contributed by atoms with van der Waals surface area (Å²) in [4.78, 5) is 20.1. The van der Waals surface area contributed by atoms with Crippen molar-refractivity contribution in [3.8, 4) is 5.75 Å². The lowest BCUT2D eigenvalue weighted by Crippen LogP contribution is -2.48. The van der Waals surface area contributed by atoms with Gasteiger partial charge < -0.3 is 15.2 Å². The van der Waals surface area contributed by atoms with Crippen molar-refractivity contribution in [1.82, 2.24) is 15.2 Å². The number of hydrogen-bond donors (Lipinski definition) is 2. The number of β-amino-alcohol motifs (C(OH)–C–C–N with tert-alkyl or cyclic N) is 1. The zero-order valence-corrected chi connectivity index (χ0v) is 25.1. The van der Waals surface area contributed by atoms with E-state index in [0.29, 0.717) is 13.1 Å². The van der Waals surface area contributed by atoms with Crippen LogP contribution in [0, 0.1) is 5.92 Å². The number of nitrogens with zero attached hydrogens (tertiary/aromatic N) is 2. The van der Waals surface area contributed by atoms with Gasteiger partial charge in [-0.3, -0.25) is 14.7 Å². The van der Waals surface area contributed by atoms with Gasteiger partial charge in [-0.25, -0.2) is 0 Å². The number of nitrogens with one attached hydrogen (secondary N) is 1. The van der Waals surface area contributed by atoms with Gasteiger partial charge in [0, 0.05) is 30.7 Å². The summed E-state index contributed by atoms with van der Waals surface area (Å²) in [6, 6.07) is 31.0. The first-order valence-electron chi connectivity index (χ1n) is 15.9. The monoisotopic (exact) mass is 579 g/mol. The molecule has 6 heteroatoms. The Balaban J connectivity index is 1.10. The van der Waals surface area contributed by atoms with Crippen molar-refractivity contribution in [3.05, 3.63) is 108 Å². The van der Waals surface area contributed by atoms with Crippen LogP contribution in [0.25, 0.3) is 10.9 Å². The van der Waals surface area contributed by atoms with Gasteiger partial charge in [0.2, 0.25) is 5.91 Å². The number of carbonyl (C=O) groups is 1. The fraction of sp³-hybridized carbons (Fsp3) is 0.405. The summed E-state index contributed by atoms with van der Waals surface area (Å²) in [5.74, 6) is 0.825. The highest BCUT2D eigenvalue weighted by molar-refractivity contribution is 5.84. The zero-order valence-electron chi connectivity index (χ0n) is 25.1. The number of aryl methyl sites for hydroxylation is 2. The second-order valence-corrected chi connectivity index (χ2v) is 11.9. The van der Waals surface area contributed by atoms with Crippen molar-refractivity contribution < 1.29 is 14.6 Å². The van der Waals surface area contributed by atoms with Crippen molar-refractivity contribution in [2.24, 2.45) is 5.92 Å². The summed E-state index contributed by atoms with van der Waals surface area (Å²) in [6.07, 6.45) is 9.07. The van der Waals surface area contributed by atoms with Crippen LogP contribution in [0.15, 0.2) is 97.2 Å². The third-order valence-corrected chi connectivity index (χ3v) is 8.45. The molecule has 0 saturated carbocycles. The van der Waals surface area contributed by atoms with Crippen LogP contribution in [0.4, 0.5) is 0 Å². The van der Waals surface area contributed by atoms with Crippen molar-refractivity contribution in [2.45, 2.75) is 63.5 Å². The fourth-order valence-corrected chi connectivity index (χ4v) is 6.18. The first kappa shape index (κ1) is 30.7. The molecule has 1 amide bonds. The molecular weight excluding hydrogens is 534 g/mol. The van der Waals surface area contributed by atoms with Gasteiger partial charge in [-0.05, 0) is 93.3 Å². The Morgan fingerprint density at radius 2 is 1.60 bits per heavy atom. The Hall–Kier alpha value is -3.74. The zero-order chi connectivity index (χ0) is 29.7. The lowest BCUT2D eigenvalue weighted by Gasteiger charge is -2.34. The molecular formula is C37H45N3O3. The highest BCUT2D eigenvalue weighted by Crippen LogP contribution is 2.24. The second-order valence-electron chi connectivity index (χ2n) is 11.9. The van der Waals surface area contributed by atoms with E-state index in [1.807, 2.05) is 30.3 Å². The van der Waals surface area contributed by atoms with Gasteiger partial charge in [-0.2, -0.15) is 0 Å². The molecule has 4 aromatic rings. The first-order valence-corrected chi connectivity index (χ1v) is 15.9. The van der Waals surface area contributed by atoms with Crippen molar-refractivity contribution in [3.63, 3.8) is 0 Å². The smallest absolute Gasteiger partial charge is 0.224 e. The Morgan fingerprint density at radius 3 is 2.30 bits per heavy atom. The molecule has 1 aliphatic heterocycles. The number of amides is 1. The maximum Gasteiger partial charge on any atom is 0.224 e. The van der Waals surface area contributed by atoms with Gasteiger partial charge in [0.05, 0.1) is 11.4 Å². The van der Waals surface area contributed by atoms with E-state index in [9.17, 15) is 9.90 Å². The predicted molar refractivity (Wildman–Crippen MR) is 173 cm³/mol. The van der Waals surface area contributed by atoms with Crippen LogP contribution in [0.5, 0.6) is 5.75 Å². The molecule has 0 aliphatic carbocycles. The maximum absolute atomic E-state index is 13.5. The number of fused-ring (bicyclic) bond motifs is 1. The molecule has 2 heterocycles. The van der Waals surface area contributed by atoms with Crippen molar-refractivity contribution in [1.29, 1.82) is 0 Å². The largest absolute Gasteiger partial charge is 0.490 e. The molecule has 1 fully saturated rings. The minimum Gasteiger partial charge on any atom is -0.490 e. The Bertz CT molecular complexity index is 1350. The van der Waals surface area contributed by atoms with Crippen LogP contribution in [-0.2, 0) is 17.6 Å². The second kappa shape index (κ2) is 16.2. The summed E-state index contributed by atoms with van der Waals surface area (Å²) in [7, 11) is 0. The molecule has 2 N–H and O–H groups in total. The van der Waals surface area contributed by atoms with Crippen molar-refractivity contribution in [2.75, 3.05) is 26.2 Å². The maximum atomic E-state index is 13.5. The summed E-state index contributed by atoms with van der Waals surface area (Å²) < 4.78 is 5.99. The van der Waals surface area contributed by atoms with E-state index in [-0.39, 0.29) is 24.5 Å². The number of hydrogen-bond acceptors (Lipinski definition) is 5. The third-order valence-electron chi connectivity index (χ3n) is 8.45. The van der Waals surface area contributed by atoms with Crippen LogP contribution < -0.4 is 10.1 Å². The van der Waals surface area contributed by atoms with Crippen LogP contribution in [-0.4, -0.2) is 59.3 Å².